The zero-order chi connectivity index (χ0) is 19.9. The van der Waals surface area contributed by atoms with Gasteiger partial charge in [0, 0.05) is 24.3 Å². The number of allylic oxidation sites excluding steroid dienone is 1. The van der Waals surface area contributed by atoms with Gasteiger partial charge in [0.05, 0.1) is 17.6 Å². The van der Waals surface area contributed by atoms with Crippen LogP contribution >= 0.6 is 0 Å². The first-order valence-corrected chi connectivity index (χ1v) is 8.89. The van der Waals surface area contributed by atoms with Crippen molar-refractivity contribution in [1.82, 2.24) is 9.55 Å². The van der Waals surface area contributed by atoms with Gasteiger partial charge in [0.15, 0.2) is 0 Å². The van der Waals surface area contributed by atoms with Crippen LogP contribution in [-0.4, -0.2) is 27.2 Å². The van der Waals surface area contributed by atoms with Crippen molar-refractivity contribution in [2.45, 2.75) is 13.5 Å². The van der Waals surface area contributed by atoms with Crippen LogP contribution in [0.4, 0.5) is 0 Å². The van der Waals surface area contributed by atoms with E-state index in [1.807, 2.05) is 18.2 Å². The van der Waals surface area contributed by atoms with Crippen molar-refractivity contribution in [2.24, 2.45) is 0 Å². The SMILES string of the molecule is CCOC(=O)/C=C/Cn1c(=O)c(/C=C(\O)c2ccccc2)nc2ccccc21. The largest absolute Gasteiger partial charge is 0.507 e. The predicted octanol–water partition coefficient (Wildman–Crippen LogP) is 3.57. The van der Waals surface area contributed by atoms with E-state index in [-0.39, 0.29) is 30.2 Å². The lowest BCUT2D eigenvalue weighted by Crippen LogP contribution is -2.24. The maximum absolute atomic E-state index is 12.9. The van der Waals surface area contributed by atoms with Crippen LogP contribution < -0.4 is 5.56 Å². The molecule has 1 heterocycles. The topological polar surface area (TPSA) is 81.4 Å². The summed E-state index contributed by atoms with van der Waals surface area (Å²) in [5.41, 5.74) is 1.58. The molecule has 0 unspecified atom stereocenters. The van der Waals surface area contributed by atoms with E-state index < -0.39 is 5.97 Å². The molecule has 0 spiro atoms. The fourth-order valence-electron chi connectivity index (χ4n) is 2.75. The molecule has 2 aromatic carbocycles. The lowest BCUT2D eigenvalue weighted by molar-refractivity contribution is -0.137. The van der Waals surface area contributed by atoms with Gasteiger partial charge in [-0.15, -0.1) is 0 Å². The van der Waals surface area contributed by atoms with Gasteiger partial charge in [0.2, 0.25) is 0 Å². The molecule has 1 N–H and O–H groups in total. The van der Waals surface area contributed by atoms with E-state index in [9.17, 15) is 14.7 Å². The van der Waals surface area contributed by atoms with Gasteiger partial charge in [0.1, 0.15) is 11.5 Å². The van der Waals surface area contributed by atoms with Gasteiger partial charge in [-0.25, -0.2) is 9.78 Å². The third kappa shape index (κ3) is 4.35. The Balaban J connectivity index is 2.04. The molecule has 0 saturated carbocycles. The highest BCUT2D eigenvalue weighted by atomic mass is 16.5. The van der Waals surface area contributed by atoms with E-state index in [0.29, 0.717) is 16.6 Å². The normalized spacial score (nSPS) is 11.8. The maximum Gasteiger partial charge on any atom is 0.330 e. The summed E-state index contributed by atoms with van der Waals surface area (Å²) in [7, 11) is 0. The molecule has 0 radical (unpaired) electrons. The van der Waals surface area contributed by atoms with Crippen LogP contribution in [0.25, 0.3) is 22.9 Å². The van der Waals surface area contributed by atoms with Gasteiger partial charge >= 0.3 is 5.97 Å². The van der Waals surface area contributed by atoms with Gasteiger partial charge < -0.3 is 14.4 Å². The van der Waals surface area contributed by atoms with E-state index in [4.69, 9.17) is 4.74 Å². The number of hydrogen-bond acceptors (Lipinski definition) is 5. The first-order chi connectivity index (χ1) is 13.6. The molecule has 6 nitrogen and oxygen atoms in total. The van der Waals surface area contributed by atoms with E-state index in [2.05, 4.69) is 4.98 Å². The van der Waals surface area contributed by atoms with Crippen LogP contribution in [0.1, 0.15) is 18.2 Å². The van der Waals surface area contributed by atoms with Gasteiger partial charge in [-0.3, -0.25) is 4.79 Å². The summed E-state index contributed by atoms with van der Waals surface area (Å²) < 4.78 is 6.36. The number of esters is 1. The van der Waals surface area contributed by atoms with Gasteiger partial charge in [0.25, 0.3) is 5.56 Å². The molecule has 0 aliphatic carbocycles. The Morgan fingerprint density at radius 2 is 1.86 bits per heavy atom. The summed E-state index contributed by atoms with van der Waals surface area (Å²) in [4.78, 5) is 28.8. The number of hydrogen-bond donors (Lipinski definition) is 1. The number of aromatic nitrogens is 2. The summed E-state index contributed by atoms with van der Waals surface area (Å²) >= 11 is 0. The molecular formula is C22H20N2O4. The molecule has 0 aliphatic heterocycles. The van der Waals surface area contributed by atoms with E-state index in [0.717, 1.165) is 0 Å². The number of para-hydroxylation sites is 2. The Morgan fingerprint density at radius 1 is 1.14 bits per heavy atom. The van der Waals surface area contributed by atoms with Crippen molar-refractivity contribution in [3.63, 3.8) is 0 Å². The predicted molar refractivity (Wildman–Crippen MR) is 109 cm³/mol. The average molecular weight is 376 g/mol. The Kier molecular flexibility index (Phi) is 6.01. The first-order valence-electron chi connectivity index (χ1n) is 8.89. The number of benzene rings is 2. The van der Waals surface area contributed by atoms with Gasteiger partial charge in [-0.2, -0.15) is 0 Å². The summed E-state index contributed by atoms with van der Waals surface area (Å²) in [6.07, 6.45) is 4.22. The molecule has 0 saturated heterocycles. The van der Waals surface area contributed by atoms with Crippen molar-refractivity contribution in [3.05, 3.63) is 88.4 Å². The van der Waals surface area contributed by atoms with E-state index in [1.54, 1.807) is 49.4 Å². The van der Waals surface area contributed by atoms with Crippen molar-refractivity contribution >= 4 is 28.8 Å². The van der Waals surface area contributed by atoms with Crippen molar-refractivity contribution in [3.8, 4) is 0 Å². The van der Waals surface area contributed by atoms with Crippen LogP contribution in [0.3, 0.4) is 0 Å². The third-order valence-electron chi connectivity index (χ3n) is 4.05. The smallest absolute Gasteiger partial charge is 0.330 e. The zero-order valence-electron chi connectivity index (χ0n) is 15.4. The minimum atomic E-state index is -0.462. The number of rotatable bonds is 6. The number of carbonyl (C=O) groups excluding carboxylic acids is 1. The Labute approximate surface area is 162 Å². The number of fused-ring (bicyclic) bond motifs is 1. The number of ether oxygens (including phenoxy) is 1. The Morgan fingerprint density at radius 3 is 2.61 bits per heavy atom. The van der Waals surface area contributed by atoms with Gasteiger partial charge in [-0.1, -0.05) is 48.5 Å². The molecule has 6 heteroatoms. The van der Waals surface area contributed by atoms with E-state index in [1.165, 1.54) is 16.7 Å². The molecule has 0 amide bonds. The molecule has 0 fully saturated rings. The fraction of sp³-hybridized carbons (Fsp3) is 0.136. The summed E-state index contributed by atoms with van der Waals surface area (Å²) in [6, 6.07) is 16.1. The second-order valence-corrected chi connectivity index (χ2v) is 5.95. The second-order valence-electron chi connectivity index (χ2n) is 5.95. The average Bonchev–Trinajstić information content (AvgIpc) is 2.71. The highest BCUT2D eigenvalue weighted by Gasteiger charge is 2.10. The molecular weight excluding hydrogens is 356 g/mol. The van der Waals surface area contributed by atoms with Crippen LogP contribution in [0, 0.1) is 0 Å². The van der Waals surface area contributed by atoms with E-state index >= 15 is 0 Å². The summed E-state index contributed by atoms with van der Waals surface area (Å²) in [6.45, 7) is 2.19. The lowest BCUT2D eigenvalue weighted by atomic mass is 10.1. The summed E-state index contributed by atoms with van der Waals surface area (Å²) in [5.74, 6) is -0.509. The summed E-state index contributed by atoms with van der Waals surface area (Å²) in [5, 5.41) is 10.4. The quantitative estimate of drug-likeness (QED) is 0.404. The molecule has 1 aromatic heterocycles. The number of nitrogens with zero attached hydrogens (tertiary/aromatic N) is 2. The monoisotopic (exact) mass is 376 g/mol. The second kappa shape index (κ2) is 8.81. The number of carbonyl (C=O) groups is 1. The highest BCUT2D eigenvalue weighted by Crippen LogP contribution is 2.15. The third-order valence-corrected chi connectivity index (χ3v) is 4.05. The maximum atomic E-state index is 12.9. The lowest BCUT2D eigenvalue weighted by Gasteiger charge is -2.09. The molecule has 0 atom stereocenters. The fourth-order valence-corrected chi connectivity index (χ4v) is 2.75. The van der Waals surface area contributed by atoms with Crippen LogP contribution in [0.15, 0.2) is 71.5 Å². The highest BCUT2D eigenvalue weighted by molar-refractivity contribution is 5.82. The standard InChI is InChI=1S/C22H20N2O4/c1-2-28-21(26)13-8-14-24-19-12-7-6-11-17(19)23-18(22(24)27)15-20(25)16-9-4-3-5-10-16/h3-13,15,25H,2,14H2,1H3/b13-8+,20-15-. The number of aliphatic hydroxyl groups is 1. The minimum absolute atomic E-state index is 0.0471. The molecule has 3 rings (SSSR count). The van der Waals surface area contributed by atoms with Crippen molar-refractivity contribution in [2.75, 3.05) is 6.61 Å². The zero-order valence-corrected chi connectivity index (χ0v) is 15.4. The molecule has 28 heavy (non-hydrogen) atoms. The molecule has 142 valence electrons. The molecule has 0 bridgehead atoms. The van der Waals surface area contributed by atoms with Crippen LogP contribution in [0.5, 0.6) is 0 Å². The Bertz CT molecular complexity index is 1100. The minimum Gasteiger partial charge on any atom is -0.507 e. The number of aliphatic hydroxyl groups excluding tert-OH is 1. The first kappa shape index (κ1) is 19.1. The van der Waals surface area contributed by atoms with Crippen molar-refractivity contribution < 1.29 is 14.6 Å². The molecule has 0 aliphatic rings. The van der Waals surface area contributed by atoms with Crippen LogP contribution in [0.2, 0.25) is 0 Å². The van der Waals surface area contributed by atoms with Crippen molar-refractivity contribution in [1.29, 1.82) is 0 Å². The van der Waals surface area contributed by atoms with Crippen LogP contribution in [-0.2, 0) is 16.1 Å². The Hall–Kier alpha value is -3.67. The molecule has 3 aromatic rings. The van der Waals surface area contributed by atoms with Gasteiger partial charge in [-0.05, 0) is 19.1 Å².